The van der Waals surface area contributed by atoms with Crippen LogP contribution >= 0.6 is 0 Å². The second-order valence-corrected chi connectivity index (χ2v) is 5.85. The molecule has 3 heteroatoms. The van der Waals surface area contributed by atoms with Crippen LogP contribution in [-0.4, -0.2) is 31.5 Å². The zero-order valence-electron chi connectivity index (χ0n) is 12.9. The number of hydrogen-bond acceptors (Lipinski definition) is 3. The van der Waals surface area contributed by atoms with Gasteiger partial charge in [0, 0.05) is 38.7 Å². The minimum Gasteiger partial charge on any atom is -0.381 e. The van der Waals surface area contributed by atoms with Crippen LogP contribution in [0.4, 0.5) is 0 Å². The topological polar surface area (TPSA) is 44.5 Å². The summed E-state index contributed by atoms with van der Waals surface area (Å²) in [5.41, 5.74) is 10.3. The lowest BCUT2D eigenvalue weighted by Crippen LogP contribution is -2.54. The molecule has 1 aromatic rings. The Balaban J connectivity index is 2.15. The zero-order valence-corrected chi connectivity index (χ0v) is 12.9. The van der Waals surface area contributed by atoms with Gasteiger partial charge in [-0.1, -0.05) is 23.8 Å². The lowest BCUT2D eigenvalue weighted by molar-refractivity contribution is -0.120. The normalized spacial score (nSPS) is 19.8. The highest BCUT2D eigenvalue weighted by atomic mass is 16.5. The molecule has 1 heterocycles. The van der Waals surface area contributed by atoms with Crippen molar-refractivity contribution >= 4 is 0 Å². The summed E-state index contributed by atoms with van der Waals surface area (Å²) in [6.45, 7) is 8.53. The molecule has 3 nitrogen and oxygen atoms in total. The third-order valence-electron chi connectivity index (χ3n) is 4.39. The maximum absolute atomic E-state index is 6.54. The predicted molar refractivity (Wildman–Crippen MR) is 82.0 cm³/mol. The Morgan fingerprint density at radius 1 is 1.30 bits per heavy atom. The molecule has 0 bridgehead atoms. The van der Waals surface area contributed by atoms with E-state index in [1.165, 1.54) is 16.7 Å². The largest absolute Gasteiger partial charge is 0.381 e. The first-order chi connectivity index (χ1) is 9.57. The molecule has 1 fully saturated rings. The van der Waals surface area contributed by atoms with Gasteiger partial charge in [0.1, 0.15) is 0 Å². The van der Waals surface area contributed by atoms with Gasteiger partial charge in [0.25, 0.3) is 0 Å². The molecule has 0 amide bonds. The third kappa shape index (κ3) is 3.40. The van der Waals surface area contributed by atoms with E-state index in [4.69, 9.17) is 15.2 Å². The number of ether oxygens (including phenoxy) is 2. The van der Waals surface area contributed by atoms with Crippen LogP contribution in [-0.2, 0) is 15.9 Å². The van der Waals surface area contributed by atoms with Gasteiger partial charge in [-0.2, -0.15) is 0 Å². The summed E-state index contributed by atoms with van der Waals surface area (Å²) < 4.78 is 11.5. The van der Waals surface area contributed by atoms with Gasteiger partial charge in [0.2, 0.25) is 0 Å². The van der Waals surface area contributed by atoms with Crippen molar-refractivity contribution in [2.24, 2.45) is 5.73 Å². The molecule has 20 heavy (non-hydrogen) atoms. The molecule has 0 saturated carbocycles. The van der Waals surface area contributed by atoms with Gasteiger partial charge >= 0.3 is 0 Å². The predicted octanol–water partition coefficient (Wildman–Crippen LogP) is 2.76. The van der Waals surface area contributed by atoms with Crippen LogP contribution in [0.25, 0.3) is 0 Å². The van der Waals surface area contributed by atoms with Crippen LogP contribution in [0.1, 0.15) is 36.5 Å². The summed E-state index contributed by atoms with van der Waals surface area (Å²) in [4.78, 5) is 0. The molecule has 2 rings (SSSR count). The lowest BCUT2D eigenvalue weighted by Gasteiger charge is -2.41. The summed E-state index contributed by atoms with van der Waals surface area (Å²) in [7, 11) is 0. The van der Waals surface area contributed by atoms with E-state index in [0.29, 0.717) is 6.61 Å². The smallest absolute Gasteiger partial charge is 0.0879 e. The van der Waals surface area contributed by atoms with Crippen molar-refractivity contribution in [3.05, 3.63) is 34.9 Å². The average Bonchev–Trinajstić information content (AvgIpc) is 2.44. The highest BCUT2D eigenvalue weighted by Crippen LogP contribution is 2.30. The van der Waals surface area contributed by atoms with Crippen LogP contribution in [0.2, 0.25) is 0 Å². The number of rotatable bonds is 5. The lowest BCUT2D eigenvalue weighted by atomic mass is 9.82. The van der Waals surface area contributed by atoms with E-state index in [-0.39, 0.29) is 11.6 Å². The van der Waals surface area contributed by atoms with Crippen LogP contribution in [0, 0.1) is 13.8 Å². The summed E-state index contributed by atoms with van der Waals surface area (Å²) >= 11 is 0. The van der Waals surface area contributed by atoms with Gasteiger partial charge < -0.3 is 15.2 Å². The monoisotopic (exact) mass is 277 g/mol. The standard InChI is InChI=1S/C17H27NO2/c1-4-20-17(7-9-19-10-8-17)16(18)12-15-11-13(2)5-6-14(15)3/h5-6,11,16H,4,7-10,12,18H2,1-3H3. The first kappa shape index (κ1) is 15.5. The molecule has 1 aliphatic heterocycles. The highest BCUT2D eigenvalue weighted by molar-refractivity contribution is 5.31. The minimum absolute atomic E-state index is 0.0202. The Kier molecular flexibility index (Phi) is 5.19. The second-order valence-electron chi connectivity index (χ2n) is 5.85. The van der Waals surface area contributed by atoms with E-state index in [9.17, 15) is 0 Å². The van der Waals surface area contributed by atoms with Crippen molar-refractivity contribution in [2.75, 3.05) is 19.8 Å². The Morgan fingerprint density at radius 3 is 2.65 bits per heavy atom. The Bertz CT molecular complexity index is 433. The number of nitrogens with two attached hydrogens (primary N) is 1. The molecule has 0 aromatic heterocycles. The molecule has 1 atom stereocenters. The molecular weight excluding hydrogens is 250 g/mol. The number of benzene rings is 1. The minimum atomic E-state index is -0.219. The molecular formula is C17H27NO2. The first-order valence-electron chi connectivity index (χ1n) is 7.61. The maximum Gasteiger partial charge on any atom is 0.0879 e. The molecule has 0 aliphatic carbocycles. The van der Waals surface area contributed by atoms with Gasteiger partial charge in [-0.05, 0) is 38.3 Å². The fourth-order valence-corrected chi connectivity index (χ4v) is 3.07. The van der Waals surface area contributed by atoms with E-state index in [1.54, 1.807) is 0 Å². The second kappa shape index (κ2) is 6.70. The first-order valence-corrected chi connectivity index (χ1v) is 7.61. The SMILES string of the molecule is CCOC1(C(N)Cc2cc(C)ccc2C)CCOCC1. The highest BCUT2D eigenvalue weighted by Gasteiger charge is 2.39. The number of hydrogen-bond donors (Lipinski definition) is 1. The van der Waals surface area contributed by atoms with Crippen molar-refractivity contribution in [3.63, 3.8) is 0 Å². The van der Waals surface area contributed by atoms with Crippen molar-refractivity contribution in [1.82, 2.24) is 0 Å². The van der Waals surface area contributed by atoms with Crippen LogP contribution in [0.3, 0.4) is 0 Å². The van der Waals surface area contributed by atoms with Gasteiger partial charge in [0.15, 0.2) is 0 Å². The van der Waals surface area contributed by atoms with Crippen molar-refractivity contribution in [2.45, 2.75) is 51.7 Å². The summed E-state index contributed by atoms with van der Waals surface area (Å²) in [5, 5.41) is 0. The van der Waals surface area contributed by atoms with Crippen molar-refractivity contribution in [1.29, 1.82) is 0 Å². The van der Waals surface area contributed by atoms with Crippen LogP contribution in [0.15, 0.2) is 18.2 Å². The van der Waals surface area contributed by atoms with E-state index in [0.717, 1.165) is 32.5 Å². The molecule has 0 radical (unpaired) electrons. The van der Waals surface area contributed by atoms with E-state index < -0.39 is 0 Å². The van der Waals surface area contributed by atoms with Crippen LogP contribution < -0.4 is 5.73 Å². The van der Waals surface area contributed by atoms with Gasteiger partial charge in [-0.3, -0.25) is 0 Å². The summed E-state index contributed by atoms with van der Waals surface area (Å²) in [5.74, 6) is 0. The Hall–Kier alpha value is -0.900. The molecule has 2 N–H and O–H groups in total. The fourth-order valence-electron chi connectivity index (χ4n) is 3.07. The fraction of sp³-hybridized carbons (Fsp3) is 0.647. The zero-order chi connectivity index (χ0) is 14.6. The summed E-state index contributed by atoms with van der Waals surface area (Å²) in [6, 6.07) is 6.59. The Labute approximate surface area is 122 Å². The molecule has 1 saturated heterocycles. The molecule has 1 aliphatic rings. The quantitative estimate of drug-likeness (QED) is 0.900. The summed E-state index contributed by atoms with van der Waals surface area (Å²) in [6.07, 6.45) is 2.66. The van der Waals surface area contributed by atoms with E-state index >= 15 is 0 Å². The van der Waals surface area contributed by atoms with E-state index in [2.05, 4.69) is 32.0 Å². The molecule has 112 valence electrons. The molecule has 1 unspecified atom stereocenters. The van der Waals surface area contributed by atoms with Gasteiger partial charge in [-0.15, -0.1) is 0 Å². The van der Waals surface area contributed by atoms with Crippen molar-refractivity contribution in [3.8, 4) is 0 Å². The van der Waals surface area contributed by atoms with E-state index in [1.807, 2.05) is 6.92 Å². The van der Waals surface area contributed by atoms with Crippen LogP contribution in [0.5, 0.6) is 0 Å². The molecule has 0 spiro atoms. The third-order valence-corrected chi connectivity index (χ3v) is 4.39. The molecule has 1 aromatic carbocycles. The Morgan fingerprint density at radius 2 is 2.00 bits per heavy atom. The average molecular weight is 277 g/mol. The van der Waals surface area contributed by atoms with Gasteiger partial charge in [0.05, 0.1) is 5.60 Å². The van der Waals surface area contributed by atoms with Crippen molar-refractivity contribution < 1.29 is 9.47 Å². The number of aryl methyl sites for hydroxylation is 2. The van der Waals surface area contributed by atoms with Gasteiger partial charge in [-0.25, -0.2) is 0 Å². The maximum atomic E-state index is 6.54.